The Morgan fingerprint density at radius 2 is 1.51 bits per heavy atom. The van der Waals surface area contributed by atoms with Gasteiger partial charge in [0.25, 0.3) is 10.0 Å². The first-order chi connectivity index (χ1) is 18.8. The Hall–Kier alpha value is -3.85. The third kappa shape index (κ3) is 7.83. The molecule has 0 radical (unpaired) electrons. The fourth-order valence-electron chi connectivity index (χ4n) is 4.20. The second-order valence-electron chi connectivity index (χ2n) is 9.10. The number of rotatable bonds is 14. The van der Waals surface area contributed by atoms with Crippen LogP contribution in [0.15, 0.2) is 89.8 Å². The summed E-state index contributed by atoms with van der Waals surface area (Å²) in [5.41, 5.74) is 1.15. The van der Waals surface area contributed by atoms with E-state index in [-0.39, 0.29) is 17.3 Å². The standard InChI is InChI=1S/C30H37N3O5S/c1-4-6-21-31-30(35)28(5-2)32(22-24-17-19-26(38-3)20-18-24)29(34)23-33(25-13-9-7-10-14-25)39(36,37)27-15-11-8-12-16-27/h7-20,28H,4-6,21-23H2,1-3H3,(H,31,35). The van der Waals surface area contributed by atoms with Crippen molar-refractivity contribution in [3.05, 3.63) is 90.5 Å². The van der Waals surface area contributed by atoms with Gasteiger partial charge in [-0.05, 0) is 54.8 Å². The van der Waals surface area contributed by atoms with Crippen LogP contribution < -0.4 is 14.4 Å². The van der Waals surface area contributed by atoms with Gasteiger partial charge in [0.2, 0.25) is 11.8 Å². The molecule has 1 atom stereocenters. The number of hydrogen-bond donors (Lipinski definition) is 1. The fourth-order valence-corrected chi connectivity index (χ4v) is 5.63. The number of hydrogen-bond acceptors (Lipinski definition) is 5. The number of nitrogens with one attached hydrogen (secondary N) is 1. The van der Waals surface area contributed by atoms with E-state index in [1.165, 1.54) is 17.0 Å². The molecule has 0 aliphatic heterocycles. The third-order valence-corrected chi connectivity index (χ3v) is 8.17. The van der Waals surface area contributed by atoms with Crippen LogP contribution in [-0.4, -0.2) is 51.4 Å². The first kappa shape index (κ1) is 29.7. The highest BCUT2D eigenvalue weighted by Crippen LogP contribution is 2.24. The van der Waals surface area contributed by atoms with Crippen molar-refractivity contribution in [1.29, 1.82) is 0 Å². The van der Waals surface area contributed by atoms with Crippen LogP contribution in [0.1, 0.15) is 38.7 Å². The van der Waals surface area contributed by atoms with Crippen molar-refractivity contribution >= 4 is 27.5 Å². The van der Waals surface area contributed by atoms with E-state index in [9.17, 15) is 18.0 Å². The lowest BCUT2D eigenvalue weighted by Gasteiger charge is -2.33. The van der Waals surface area contributed by atoms with E-state index >= 15 is 0 Å². The summed E-state index contributed by atoms with van der Waals surface area (Å²) >= 11 is 0. The maximum Gasteiger partial charge on any atom is 0.264 e. The number of methoxy groups -OCH3 is 1. The van der Waals surface area contributed by atoms with Gasteiger partial charge in [0.15, 0.2) is 0 Å². The zero-order chi connectivity index (χ0) is 28.3. The van der Waals surface area contributed by atoms with Crippen molar-refractivity contribution in [3.63, 3.8) is 0 Å². The van der Waals surface area contributed by atoms with Crippen molar-refractivity contribution in [2.45, 2.75) is 50.6 Å². The minimum Gasteiger partial charge on any atom is -0.497 e. The van der Waals surface area contributed by atoms with Gasteiger partial charge in [-0.1, -0.05) is 68.8 Å². The zero-order valence-electron chi connectivity index (χ0n) is 22.7. The average molecular weight is 552 g/mol. The topological polar surface area (TPSA) is 96.0 Å². The molecule has 1 unspecified atom stereocenters. The Bertz CT molecular complexity index is 1300. The molecular formula is C30H37N3O5S. The third-order valence-electron chi connectivity index (χ3n) is 6.38. The SMILES string of the molecule is CCCCNC(=O)C(CC)N(Cc1ccc(OC)cc1)C(=O)CN(c1ccccc1)S(=O)(=O)c1ccccc1. The van der Waals surface area contributed by atoms with E-state index in [0.717, 1.165) is 22.7 Å². The predicted octanol–water partition coefficient (Wildman–Crippen LogP) is 4.61. The number of carbonyl (C=O) groups is 2. The van der Waals surface area contributed by atoms with Crippen molar-refractivity contribution < 1.29 is 22.7 Å². The van der Waals surface area contributed by atoms with Crippen molar-refractivity contribution in [1.82, 2.24) is 10.2 Å². The summed E-state index contributed by atoms with van der Waals surface area (Å²) in [7, 11) is -2.49. The van der Waals surface area contributed by atoms with E-state index in [0.29, 0.717) is 24.4 Å². The van der Waals surface area contributed by atoms with E-state index in [2.05, 4.69) is 5.32 Å². The monoisotopic (exact) mass is 551 g/mol. The van der Waals surface area contributed by atoms with Gasteiger partial charge in [-0.3, -0.25) is 13.9 Å². The normalized spacial score (nSPS) is 11.9. The van der Waals surface area contributed by atoms with Gasteiger partial charge in [-0.25, -0.2) is 8.42 Å². The number of para-hydroxylation sites is 1. The molecule has 3 aromatic rings. The fraction of sp³-hybridized carbons (Fsp3) is 0.333. The van der Waals surface area contributed by atoms with Crippen molar-refractivity contribution in [2.24, 2.45) is 0 Å². The molecule has 9 heteroatoms. The lowest BCUT2D eigenvalue weighted by Crippen LogP contribution is -2.52. The molecule has 0 fully saturated rings. The molecule has 3 aromatic carbocycles. The molecular weight excluding hydrogens is 514 g/mol. The Kier molecular flexibility index (Phi) is 10.9. The average Bonchev–Trinajstić information content (AvgIpc) is 2.97. The predicted molar refractivity (Wildman–Crippen MR) is 153 cm³/mol. The molecule has 39 heavy (non-hydrogen) atoms. The molecule has 0 spiro atoms. The maximum atomic E-state index is 14.0. The summed E-state index contributed by atoms with van der Waals surface area (Å²) in [6, 6.07) is 23.0. The lowest BCUT2D eigenvalue weighted by molar-refractivity contribution is -0.140. The quantitative estimate of drug-likeness (QED) is 0.295. The van der Waals surface area contributed by atoms with Crippen LogP contribution in [0.4, 0.5) is 5.69 Å². The highest BCUT2D eigenvalue weighted by Gasteiger charge is 2.33. The molecule has 0 bridgehead atoms. The second-order valence-corrected chi connectivity index (χ2v) is 11.0. The molecule has 3 rings (SSSR count). The van der Waals surface area contributed by atoms with Crippen LogP contribution in [0.25, 0.3) is 0 Å². The number of anilines is 1. The minimum atomic E-state index is -4.07. The number of unbranched alkanes of at least 4 members (excludes halogenated alkanes) is 1. The Morgan fingerprint density at radius 3 is 2.08 bits per heavy atom. The molecule has 0 saturated carbocycles. The van der Waals surface area contributed by atoms with Crippen LogP contribution in [-0.2, 0) is 26.2 Å². The van der Waals surface area contributed by atoms with Crippen molar-refractivity contribution in [2.75, 3.05) is 24.5 Å². The molecule has 0 heterocycles. The summed E-state index contributed by atoms with van der Waals surface area (Å²) in [4.78, 5) is 28.7. The molecule has 0 aromatic heterocycles. The number of amides is 2. The summed E-state index contributed by atoms with van der Waals surface area (Å²) in [5, 5.41) is 2.93. The first-order valence-electron chi connectivity index (χ1n) is 13.1. The minimum absolute atomic E-state index is 0.0766. The van der Waals surface area contributed by atoms with Crippen LogP contribution in [0, 0.1) is 0 Å². The van der Waals surface area contributed by atoms with Crippen LogP contribution in [0.3, 0.4) is 0 Å². The van der Waals surface area contributed by atoms with Gasteiger partial charge in [-0.15, -0.1) is 0 Å². The summed E-state index contributed by atoms with van der Waals surface area (Å²) < 4.78 is 33.8. The Balaban J connectivity index is 1.99. The van der Waals surface area contributed by atoms with Crippen LogP contribution in [0.5, 0.6) is 5.75 Å². The smallest absolute Gasteiger partial charge is 0.264 e. The maximum absolute atomic E-state index is 14.0. The zero-order valence-corrected chi connectivity index (χ0v) is 23.6. The lowest BCUT2D eigenvalue weighted by atomic mass is 10.1. The van der Waals surface area contributed by atoms with Gasteiger partial charge in [0.1, 0.15) is 18.3 Å². The number of ether oxygens (including phenoxy) is 1. The number of nitrogens with zero attached hydrogens (tertiary/aromatic N) is 2. The molecule has 1 N–H and O–H groups in total. The highest BCUT2D eigenvalue weighted by molar-refractivity contribution is 7.92. The summed E-state index contributed by atoms with van der Waals surface area (Å²) in [6.07, 6.45) is 2.12. The second kappa shape index (κ2) is 14.3. The number of benzene rings is 3. The largest absolute Gasteiger partial charge is 0.497 e. The summed E-state index contributed by atoms with van der Waals surface area (Å²) in [5.74, 6) is -0.0677. The van der Waals surface area contributed by atoms with E-state index < -0.39 is 28.5 Å². The number of sulfonamides is 1. The van der Waals surface area contributed by atoms with Crippen LogP contribution >= 0.6 is 0 Å². The highest BCUT2D eigenvalue weighted by atomic mass is 32.2. The van der Waals surface area contributed by atoms with E-state index in [1.54, 1.807) is 67.8 Å². The molecule has 0 aliphatic rings. The van der Waals surface area contributed by atoms with E-state index in [1.807, 2.05) is 26.0 Å². The van der Waals surface area contributed by atoms with Gasteiger partial charge >= 0.3 is 0 Å². The molecule has 2 amide bonds. The van der Waals surface area contributed by atoms with Gasteiger partial charge in [-0.2, -0.15) is 0 Å². The summed E-state index contributed by atoms with van der Waals surface area (Å²) in [6.45, 7) is 4.06. The molecule has 0 saturated heterocycles. The molecule has 8 nitrogen and oxygen atoms in total. The van der Waals surface area contributed by atoms with Crippen molar-refractivity contribution in [3.8, 4) is 5.75 Å². The van der Waals surface area contributed by atoms with Crippen LogP contribution in [0.2, 0.25) is 0 Å². The Labute approximate surface area is 231 Å². The Morgan fingerprint density at radius 1 is 0.897 bits per heavy atom. The molecule has 0 aliphatic carbocycles. The first-order valence-corrected chi connectivity index (χ1v) is 14.6. The van der Waals surface area contributed by atoms with Gasteiger partial charge < -0.3 is 15.0 Å². The molecule has 208 valence electrons. The van der Waals surface area contributed by atoms with Gasteiger partial charge in [0, 0.05) is 13.1 Å². The van der Waals surface area contributed by atoms with Gasteiger partial charge in [0.05, 0.1) is 17.7 Å². The van der Waals surface area contributed by atoms with E-state index in [4.69, 9.17) is 4.74 Å². The number of carbonyl (C=O) groups excluding carboxylic acids is 2.